The molecule has 0 bridgehead atoms. The summed E-state index contributed by atoms with van der Waals surface area (Å²) in [6, 6.07) is 6.70. The van der Waals surface area contributed by atoms with E-state index in [4.69, 9.17) is 5.26 Å². The molecule has 2 rings (SSSR count). The topological polar surface area (TPSA) is 73.2 Å². The Hall–Kier alpha value is -1.42. The van der Waals surface area contributed by atoms with Gasteiger partial charge < -0.3 is 5.32 Å². The van der Waals surface area contributed by atoms with E-state index in [1.54, 1.807) is 26.1 Å². The number of nitrogens with one attached hydrogen (secondary N) is 1. The summed E-state index contributed by atoms with van der Waals surface area (Å²) < 4.78 is 26.6. The molecule has 1 aromatic rings. The van der Waals surface area contributed by atoms with Crippen molar-refractivity contribution in [1.82, 2.24) is 9.62 Å². The summed E-state index contributed by atoms with van der Waals surface area (Å²) in [7, 11) is -1.87. The van der Waals surface area contributed by atoms with Gasteiger partial charge in [0.15, 0.2) is 0 Å². The minimum absolute atomic E-state index is 0.255. The van der Waals surface area contributed by atoms with Gasteiger partial charge in [-0.3, -0.25) is 0 Å². The largest absolute Gasteiger partial charge is 0.316 e. The van der Waals surface area contributed by atoms with Gasteiger partial charge in [0.2, 0.25) is 10.0 Å². The average Bonchev–Trinajstić information content (AvgIpc) is 2.48. The molecular weight excluding hydrogens is 286 g/mol. The zero-order valence-corrected chi connectivity index (χ0v) is 13.3. The molecule has 1 N–H and O–H groups in total. The molecule has 0 aromatic heterocycles. The van der Waals surface area contributed by atoms with Crippen LogP contribution >= 0.6 is 0 Å². The van der Waals surface area contributed by atoms with Crippen LogP contribution in [0.1, 0.15) is 24.0 Å². The molecule has 0 amide bonds. The van der Waals surface area contributed by atoms with Crippen molar-refractivity contribution in [2.45, 2.75) is 24.7 Å². The molecule has 1 atom stereocenters. The lowest BCUT2D eigenvalue weighted by molar-refractivity contribution is 0.315. The molecule has 1 unspecified atom stereocenters. The van der Waals surface area contributed by atoms with Crippen LogP contribution in [0, 0.1) is 24.2 Å². The van der Waals surface area contributed by atoms with Gasteiger partial charge in [0.05, 0.1) is 16.5 Å². The van der Waals surface area contributed by atoms with Crippen molar-refractivity contribution in [3.63, 3.8) is 0 Å². The lowest BCUT2D eigenvalue weighted by Crippen LogP contribution is -2.39. The smallest absolute Gasteiger partial charge is 0.242 e. The first-order valence-corrected chi connectivity index (χ1v) is 8.57. The predicted molar refractivity (Wildman–Crippen MR) is 81.3 cm³/mol. The molecule has 0 radical (unpaired) electrons. The fourth-order valence-corrected chi connectivity index (χ4v) is 3.98. The Morgan fingerprint density at radius 1 is 1.48 bits per heavy atom. The number of hydrogen-bond acceptors (Lipinski definition) is 4. The number of nitrogens with zero attached hydrogens (tertiary/aromatic N) is 2. The molecule has 114 valence electrons. The molecule has 1 aliphatic heterocycles. The summed E-state index contributed by atoms with van der Waals surface area (Å²) in [4.78, 5) is 0.255. The maximum Gasteiger partial charge on any atom is 0.242 e. The van der Waals surface area contributed by atoms with Gasteiger partial charge >= 0.3 is 0 Å². The van der Waals surface area contributed by atoms with E-state index in [0.29, 0.717) is 23.6 Å². The van der Waals surface area contributed by atoms with E-state index in [1.807, 2.05) is 0 Å². The quantitative estimate of drug-likeness (QED) is 0.914. The van der Waals surface area contributed by atoms with Gasteiger partial charge in [0, 0.05) is 13.6 Å². The molecule has 0 saturated carbocycles. The average molecular weight is 307 g/mol. The number of hydrogen-bond donors (Lipinski definition) is 1. The monoisotopic (exact) mass is 307 g/mol. The van der Waals surface area contributed by atoms with Crippen LogP contribution in [0.5, 0.6) is 0 Å². The molecule has 1 saturated heterocycles. The summed E-state index contributed by atoms with van der Waals surface area (Å²) in [5, 5.41) is 12.2. The Bertz CT molecular complexity index is 643. The van der Waals surface area contributed by atoms with E-state index < -0.39 is 10.0 Å². The molecule has 6 heteroatoms. The first kappa shape index (κ1) is 16.0. The number of benzene rings is 1. The van der Waals surface area contributed by atoms with E-state index in [1.165, 1.54) is 10.4 Å². The number of nitriles is 1. The van der Waals surface area contributed by atoms with Gasteiger partial charge in [0.25, 0.3) is 0 Å². The van der Waals surface area contributed by atoms with Gasteiger partial charge in [-0.25, -0.2) is 12.7 Å². The molecular formula is C15H21N3O2S. The lowest BCUT2D eigenvalue weighted by atomic mass is 10.00. The highest BCUT2D eigenvalue weighted by Crippen LogP contribution is 2.20. The summed E-state index contributed by atoms with van der Waals surface area (Å²) in [5.41, 5.74) is 1.19. The van der Waals surface area contributed by atoms with Crippen molar-refractivity contribution in [2.75, 3.05) is 26.7 Å². The Kier molecular flexibility index (Phi) is 4.99. The van der Waals surface area contributed by atoms with Crippen molar-refractivity contribution >= 4 is 10.0 Å². The molecule has 1 aromatic carbocycles. The summed E-state index contributed by atoms with van der Waals surface area (Å²) >= 11 is 0. The van der Waals surface area contributed by atoms with Crippen LogP contribution in [0.3, 0.4) is 0 Å². The van der Waals surface area contributed by atoms with Crippen molar-refractivity contribution in [1.29, 1.82) is 5.26 Å². The Labute approximate surface area is 126 Å². The van der Waals surface area contributed by atoms with E-state index in [2.05, 4.69) is 11.4 Å². The van der Waals surface area contributed by atoms with E-state index in [-0.39, 0.29) is 4.90 Å². The molecule has 5 nitrogen and oxygen atoms in total. The first-order valence-electron chi connectivity index (χ1n) is 7.13. The molecule has 0 spiro atoms. The van der Waals surface area contributed by atoms with Gasteiger partial charge in [-0.1, -0.05) is 0 Å². The van der Waals surface area contributed by atoms with Crippen LogP contribution in [-0.4, -0.2) is 39.4 Å². The first-order chi connectivity index (χ1) is 9.95. The van der Waals surface area contributed by atoms with E-state index in [9.17, 15) is 8.42 Å². The fourth-order valence-electron chi connectivity index (χ4n) is 2.64. The molecule has 1 fully saturated rings. The molecule has 1 aliphatic rings. The Morgan fingerprint density at radius 2 is 2.24 bits per heavy atom. The van der Waals surface area contributed by atoms with Gasteiger partial charge in [-0.15, -0.1) is 0 Å². The van der Waals surface area contributed by atoms with Crippen LogP contribution in [0.4, 0.5) is 0 Å². The second-order valence-corrected chi connectivity index (χ2v) is 7.63. The normalized spacial score (nSPS) is 19.4. The predicted octanol–water partition coefficient (Wildman–Crippen LogP) is 1.49. The Morgan fingerprint density at radius 3 is 2.81 bits per heavy atom. The fraction of sp³-hybridized carbons (Fsp3) is 0.533. The highest BCUT2D eigenvalue weighted by molar-refractivity contribution is 7.89. The van der Waals surface area contributed by atoms with Crippen molar-refractivity contribution < 1.29 is 8.42 Å². The van der Waals surface area contributed by atoms with Crippen LogP contribution < -0.4 is 5.32 Å². The van der Waals surface area contributed by atoms with Crippen molar-refractivity contribution in [2.24, 2.45) is 5.92 Å². The second kappa shape index (κ2) is 6.56. The van der Waals surface area contributed by atoms with Crippen LogP contribution in [0.2, 0.25) is 0 Å². The second-order valence-electron chi connectivity index (χ2n) is 5.59. The highest BCUT2D eigenvalue weighted by atomic mass is 32.2. The lowest BCUT2D eigenvalue weighted by Gasteiger charge is -2.27. The minimum atomic E-state index is -3.49. The third kappa shape index (κ3) is 3.62. The van der Waals surface area contributed by atoms with Gasteiger partial charge in [-0.05, 0) is 62.5 Å². The molecule has 21 heavy (non-hydrogen) atoms. The van der Waals surface area contributed by atoms with Crippen LogP contribution in [0.15, 0.2) is 23.1 Å². The molecule has 0 aliphatic carbocycles. The number of piperidine rings is 1. The Balaban J connectivity index is 2.16. The zero-order chi connectivity index (χ0) is 15.5. The molecule has 1 heterocycles. The minimum Gasteiger partial charge on any atom is -0.316 e. The number of rotatable bonds is 4. The maximum atomic E-state index is 12.6. The number of sulfonamides is 1. The maximum absolute atomic E-state index is 12.6. The summed E-state index contributed by atoms with van der Waals surface area (Å²) in [5.74, 6) is 0.359. The van der Waals surface area contributed by atoms with Crippen LogP contribution in [-0.2, 0) is 10.0 Å². The van der Waals surface area contributed by atoms with Gasteiger partial charge in [0.1, 0.15) is 0 Å². The highest BCUT2D eigenvalue weighted by Gasteiger charge is 2.25. The number of aryl methyl sites for hydroxylation is 1. The summed E-state index contributed by atoms with van der Waals surface area (Å²) in [6.45, 7) is 4.16. The third-order valence-corrected chi connectivity index (χ3v) is 5.76. The van der Waals surface area contributed by atoms with E-state index in [0.717, 1.165) is 25.9 Å². The standard InChI is InChI=1S/C15H21N3O2S/c1-12-8-15(6-5-14(12)9-16)21(19,20)18(2)11-13-4-3-7-17-10-13/h5-6,8,13,17H,3-4,7,10-11H2,1-2H3. The van der Waals surface area contributed by atoms with E-state index >= 15 is 0 Å². The van der Waals surface area contributed by atoms with Gasteiger partial charge in [-0.2, -0.15) is 5.26 Å². The SMILES string of the molecule is Cc1cc(S(=O)(=O)N(C)CC2CCCNC2)ccc1C#N. The van der Waals surface area contributed by atoms with Crippen LogP contribution in [0.25, 0.3) is 0 Å². The summed E-state index contributed by atoms with van der Waals surface area (Å²) in [6.07, 6.45) is 2.15. The van der Waals surface area contributed by atoms with Crippen molar-refractivity contribution in [3.8, 4) is 6.07 Å². The zero-order valence-electron chi connectivity index (χ0n) is 12.5. The van der Waals surface area contributed by atoms with Crippen molar-refractivity contribution in [3.05, 3.63) is 29.3 Å². The third-order valence-electron chi connectivity index (χ3n) is 3.94.